The van der Waals surface area contributed by atoms with Crippen molar-refractivity contribution in [3.63, 3.8) is 0 Å². The van der Waals surface area contributed by atoms with Crippen molar-refractivity contribution >= 4 is 34.4 Å². The second-order valence-electron chi connectivity index (χ2n) is 6.32. The molecule has 1 rings (SSSR count). The summed E-state index contributed by atoms with van der Waals surface area (Å²) in [7, 11) is 0. The fraction of sp³-hybridized carbons (Fsp3) is 0.882. The summed E-state index contributed by atoms with van der Waals surface area (Å²) in [4.78, 5) is 25.7. The second kappa shape index (κ2) is 13.0. The SMILES string of the molecule is NCCCCCC(=O)NCCCCCC(=O)N1CCC(I)CC1. The van der Waals surface area contributed by atoms with Gasteiger partial charge in [-0.15, -0.1) is 0 Å². The van der Waals surface area contributed by atoms with Gasteiger partial charge in [-0.05, 0) is 45.1 Å². The lowest BCUT2D eigenvalue weighted by Gasteiger charge is -2.29. The van der Waals surface area contributed by atoms with Crippen molar-refractivity contribution in [2.45, 2.75) is 68.1 Å². The molecular formula is C17H32IN3O2. The highest BCUT2D eigenvalue weighted by Gasteiger charge is 2.20. The molecule has 0 saturated carbocycles. The summed E-state index contributed by atoms with van der Waals surface area (Å²) < 4.78 is 0.732. The zero-order valence-electron chi connectivity index (χ0n) is 14.2. The Hall–Kier alpha value is -0.370. The zero-order chi connectivity index (χ0) is 16.9. The van der Waals surface area contributed by atoms with Crippen molar-refractivity contribution in [2.75, 3.05) is 26.2 Å². The maximum Gasteiger partial charge on any atom is 0.222 e. The third-order valence-electron chi connectivity index (χ3n) is 4.27. The molecule has 0 bridgehead atoms. The lowest BCUT2D eigenvalue weighted by Crippen LogP contribution is -2.38. The van der Waals surface area contributed by atoms with E-state index in [0.29, 0.717) is 25.3 Å². The average molecular weight is 437 g/mol. The number of hydrogen-bond donors (Lipinski definition) is 2. The minimum atomic E-state index is 0.139. The van der Waals surface area contributed by atoms with Gasteiger partial charge in [-0.1, -0.05) is 35.4 Å². The Balaban J connectivity index is 1.92. The number of carbonyl (C=O) groups excluding carboxylic acids is 2. The molecule has 0 spiro atoms. The van der Waals surface area contributed by atoms with E-state index in [2.05, 4.69) is 27.9 Å². The zero-order valence-corrected chi connectivity index (χ0v) is 16.4. The highest BCUT2D eigenvalue weighted by molar-refractivity contribution is 14.1. The molecule has 1 saturated heterocycles. The van der Waals surface area contributed by atoms with E-state index in [0.717, 1.165) is 74.9 Å². The highest BCUT2D eigenvalue weighted by atomic mass is 127. The Bertz CT molecular complexity index is 345. The Labute approximate surface area is 154 Å². The van der Waals surface area contributed by atoms with Gasteiger partial charge < -0.3 is 16.0 Å². The number of nitrogens with one attached hydrogen (secondary N) is 1. The molecule has 0 aliphatic carbocycles. The number of carbonyl (C=O) groups is 2. The van der Waals surface area contributed by atoms with Gasteiger partial charge in [0, 0.05) is 36.4 Å². The van der Waals surface area contributed by atoms with Crippen LogP contribution in [0.2, 0.25) is 0 Å². The molecule has 0 aromatic rings. The fourth-order valence-electron chi connectivity index (χ4n) is 2.76. The van der Waals surface area contributed by atoms with E-state index in [1.807, 2.05) is 4.90 Å². The van der Waals surface area contributed by atoms with E-state index in [-0.39, 0.29) is 5.91 Å². The predicted molar refractivity (Wildman–Crippen MR) is 103 cm³/mol. The van der Waals surface area contributed by atoms with E-state index < -0.39 is 0 Å². The van der Waals surface area contributed by atoms with E-state index in [1.165, 1.54) is 0 Å². The molecule has 0 unspecified atom stereocenters. The molecule has 1 heterocycles. The molecule has 1 fully saturated rings. The van der Waals surface area contributed by atoms with Gasteiger partial charge in [0.1, 0.15) is 0 Å². The average Bonchev–Trinajstić information content (AvgIpc) is 2.55. The van der Waals surface area contributed by atoms with Gasteiger partial charge in [-0.25, -0.2) is 0 Å². The number of nitrogens with zero attached hydrogens (tertiary/aromatic N) is 1. The summed E-state index contributed by atoms with van der Waals surface area (Å²) in [5.41, 5.74) is 5.42. The number of likely N-dealkylation sites (tertiary alicyclic amines) is 1. The Morgan fingerprint density at radius 1 is 1.00 bits per heavy atom. The Morgan fingerprint density at radius 3 is 2.35 bits per heavy atom. The quantitative estimate of drug-likeness (QED) is 0.297. The fourth-order valence-corrected chi connectivity index (χ4v) is 3.31. The standard InChI is InChI=1S/C17H32IN3O2/c18-15-9-13-21(14-10-15)17(23)8-4-2-6-12-20-16(22)7-3-1-5-11-19/h15H,1-14,19H2,(H,20,22). The monoisotopic (exact) mass is 437 g/mol. The number of nitrogens with two attached hydrogens (primary N) is 1. The molecule has 0 aromatic carbocycles. The summed E-state index contributed by atoms with van der Waals surface area (Å²) in [6.07, 6.45) is 9.34. The summed E-state index contributed by atoms with van der Waals surface area (Å²) in [5, 5.41) is 2.95. The van der Waals surface area contributed by atoms with Crippen LogP contribution in [0.1, 0.15) is 64.2 Å². The van der Waals surface area contributed by atoms with Crippen LogP contribution in [0.25, 0.3) is 0 Å². The van der Waals surface area contributed by atoms with Crippen LogP contribution in [0, 0.1) is 0 Å². The van der Waals surface area contributed by atoms with Crippen molar-refractivity contribution in [1.29, 1.82) is 0 Å². The molecular weight excluding hydrogens is 405 g/mol. The maximum atomic E-state index is 12.1. The third-order valence-corrected chi connectivity index (χ3v) is 5.52. The molecule has 0 radical (unpaired) electrons. The molecule has 0 aromatic heterocycles. The Kier molecular flexibility index (Phi) is 11.7. The number of halogens is 1. The normalized spacial score (nSPS) is 15.7. The molecule has 134 valence electrons. The van der Waals surface area contributed by atoms with E-state index in [9.17, 15) is 9.59 Å². The minimum absolute atomic E-state index is 0.139. The molecule has 5 nitrogen and oxygen atoms in total. The number of alkyl halides is 1. The summed E-state index contributed by atoms with van der Waals surface area (Å²) >= 11 is 2.47. The number of unbranched alkanes of at least 4 members (excludes halogenated alkanes) is 4. The topological polar surface area (TPSA) is 75.4 Å². The first-order valence-corrected chi connectivity index (χ1v) is 10.3. The molecule has 6 heteroatoms. The third kappa shape index (κ3) is 10.2. The van der Waals surface area contributed by atoms with Crippen LogP contribution in [0.15, 0.2) is 0 Å². The molecule has 0 atom stereocenters. The van der Waals surface area contributed by atoms with E-state index >= 15 is 0 Å². The first-order valence-electron chi connectivity index (χ1n) is 9.02. The van der Waals surface area contributed by atoms with Gasteiger partial charge in [-0.3, -0.25) is 9.59 Å². The second-order valence-corrected chi connectivity index (χ2v) is 8.08. The number of piperidine rings is 1. The molecule has 2 amide bonds. The van der Waals surface area contributed by atoms with Gasteiger partial charge in [0.2, 0.25) is 11.8 Å². The van der Waals surface area contributed by atoms with Gasteiger partial charge in [-0.2, -0.15) is 0 Å². The van der Waals surface area contributed by atoms with Crippen molar-refractivity contribution < 1.29 is 9.59 Å². The van der Waals surface area contributed by atoms with Crippen LogP contribution in [-0.4, -0.2) is 46.8 Å². The van der Waals surface area contributed by atoms with Crippen LogP contribution < -0.4 is 11.1 Å². The van der Waals surface area contributed by atoms with Crippen LogP contribution in [-0.2, 0) is 9.59 Å². The minimum Gasteiger partial charge on any atom is -0.356 e. The summed E-state index contributed by atoms with van der Waals surface area (Å²) in [6, 6.07) is 0. The summed E-state index contributed by atoms with van der Waals surface area (Å²) in [6.45, 7) is 3.28. The lowest BCUT2D eigenvalue weighted by molar-refractivity contribution is -0.132. The van der Waals surface area contributed by atoms with Crippen LogP contribution in [0.5, 0.6) is 0 Å². The van der Waals surface area contributed by atoms with Gasteiger partial charge in [0.15, 0.2) is 0 Å². The van der Waals surface area contributed by atoms with E-state index in [4.69, 9.17) is 5.73 Å². The first-order chi connectivity index (χ1) is 11.1. The maximum absolute atomic E-state index is 12.1. The van der Waals surface area contributed by atoms with Crippen molar-refractivity contribution in [2.24, 2.45) is 5.73 Å². The predicted octanol–water partition coefficient (Wildman–Crippen LogP) is 2.61. The van der Waals surface area contributed by atoms with Crippen molar-refractivity contribution in [1.82, 2.24) is 10.2 Å². The largest absolute Gasteiger partial charge is 0.356 e. The van der Waals surface area contributed by atoms with Gasteiger partial charge >= 0.3 is 0 Å². The van der Waals surface area contributed by atoms with E-state index in [1.54, 1.807) is 0 Å². The first kappa shape index (κ1) is 20.7. The van der Waals surface area contributed by atoms with Crippen LogP contribution in [0.3, 0.4) is 0 Å². The molecule has 1 aliphatic rings. The lowest BCUT2D eigenvalue weighted by atomic mass is 10.1. The number of amides is 2. The van der Waals surface area contributed by atoms with Crippen molar-refractivity contribution in [3.8, 4) is 0 Å². The van der Waals surface area contributed by atoms with Gasteiger partial charge in [0.25, 0.3) is 0 Å². The van der Waals surface area contributed by atoms with Crippen molar-refractivity contribution in [3.05, 3.63) is 0 Å². The van der Waals surface area contributed by atoms with Crippen LogP contribution >= 0.6 is 22.6 Å². The summed E-state index contributed by atoms with van der Waals surface area (Å²) in [5.74, 6) is 0.442. The number of rotatable bonds is 11. The molecule has 1 aliphatic heterocycles. The molecule has 23 heavy (non-hydrogen) atoms. The van der Waals surface area contributed by atoms with Crippen LogP contribution in [0.4, 0.5) is 0 Å². The smallest absolute Gasteiger partial charge is 0.222 e. The number of hydrogen-bond acceptors (Lipinski definition) is 3. The highest BCUT2D eigenvalue weighted by Crippen LogP contribution is 2.18. The van der Waals surface area contributed by atoms with Gasteiger partial charge in [0.05, 0.1) is 0 Å². The Morgan fingerprint density at radius 2 is 1.65 bits per heavy atom. The molecule has 3 N–H and O–H groups in total.